The Morgan fingerprint density at radius 2 is 1.50 bits per heavy atom. The molecule has 3 nitrogen and oxygen atoms in total. The lowest BCUT2D eigenvalue weighted by molar-refractivity contribution is -0.0438. The highest BCUT2D eigenvalue weighted by atomic mass is 16.5. The van der Waals surface area contributed by atoms with Gasteiger partial charge < -0.3 is 15.3 Å². The molecule has 0 aliphatic carbocycles. The van der Waals surface area contributed by atoms with Gasteiger partial charge in [-0.25, -0.2) is 0 Å². The molecule has 0 atom stereocenters. The lowest BCUT2D eigenvalue weighted by Crippen LogP contribution is -1.96. The predicted octanol–water partition coefficient (Wildman–Crippen LogP) is 2.04. The fourth-order valence-corrected chi connectivity index (χ4v) is 1.62. The number of para-hydroxylation sites is 1. The molecular weight excluding hydrogens is 204 g/mol. The molecule has 0 aliphatic heterocycles. The van der Waals surface area contributed by atoms with Crippen molar-refractivity contribution >= 4 is 0 Å². The Kier molecular flexibility index (Phi) is 2.90. The molecule has 82 valence electrons. The van der Waals surface area contributed by atoms with Gasteiger partial charge in [0.1, 0.15) is 5.75 Å². The summed E-state index contributed by atoms with van der Waals surface area (Å²) in [5.74, 6) is -0.0938. The van der Waals surface area contributed by atoms with Crippen molar-refractivity contribution in [3.63, 3.8) is 0 Å². The Hall–Kier alpha value is -1.84. The van der Waals surface area contributed by atoms with Gasteiger partial charge in [0.05, 0.1) is 0 Å². The van der Waals surface area contributed by atoms with Crippen molar-refractivity contribution in [1.82, 2.24) is 0 Å². The number of rotatable bonds is 2. The lowest BCUT2D eigenvalue weighted by atomic mass is 10.0. The second-order valence-corrected chi connectivity index (χ2v) is 3.48. The molecule has 0 aliphatic rings. The summed E-state index contributed by atoms with van der Waals surface area (Å²) in [6, 6.07) is 14.2. The van der Waals surface area contributed by atoms with Crippen LogP contribution >= 0.6 is 0 Å². The van der Waals surface area contributed by atoms with E-state index in [4.69, 9.17) is 10.2 Å². The van der Waals surface area contributed by atoms with E-state index in [1.54, 1.807) is 12.1 Å². The molecule has 0 aromatic heterocycles. The van der Waals surface area contributed by atoms with Crippen LogP contribution in [0.2, 0.25) is 0 Å². The van der Waals surface area contributed by atoms with Gasteiger partial charge in [-0.05, 0) is 5.56 Å². The van der Waals surface area contributed by atoms with Crippen molar-refractivity contribution in [3.05, 3.63) is 54.1 Å². The average Bonchev–Trinajstić information content (AvgIpc) is 2.30. The van der Waals surface area contributed by atoms with Gasteiger partial charge in [-0.1, -0.05) is 48.5 Å². The van der Waals surface area contributed by atoms with Crippen LogP contribution in [-0.2, 0) is 0 Å². The number of hydrogen-bond acceptors (Lipinski definition) is 3. The summed E-state index contributed by atoms with van der Waals surface area (Å²) in [5, 5.41) is 28.0. The Balaban J connectivity index is 2.55. The van der Waals surface area contributed by atoms with E-state index in [0.29, 0.717) is 5.56 Å². The SMILES string of the molecule is Oc1c(-c2ccccc2)cccc1C(O)O. The summed E-state index contributed by atoms with van der Waals surface area (Å²) in [4.78, 5) is 0. The number of aliphatic hydroxyl groups excluding tert-OH is 1. The molecule has 0 radical (unpaired) electrons. The van der Waals surface area contributed by atoms with Crippen molar-refractivity contribution in [2.45, 2.75) is 6.29 Å². The molecule has 0 saturated heterocycles. The zero-order valence-corrected chi connectivity index (χ0v) is 8.54. The van der Waals surface area contributed by atoms with Gasteiger partial charge in [-0.2, -0.15) is 0 Å². The molecule has 0 amide bonds. The largest absolute Gasteiger partial charge is 0.507 e. The van der Waals surface area contributed by atoms with Gasteiger partial charge in [-0.3, -0.25) is 0 Å². The minimum absolute atomic E-state index is 0.0938. The third-order valence-corrected chi connectivity index (χ3v) is 2.43. The van der Waals surface area contributed by atoms with E-state index >= 15 is 0 Å². The van der Waals surface area contributed by atoms with Crippen molar-refractivity contribution < 1.29 is 15.3 Å². The zero-order valence-electron chi connectivity index (χ0n) is 8.54. The third kappa shape index (κ3) is 1.91. The molecule has 0 unspecified atom stereocenters. The zero-order chi connectivity index (χ0) is 11.5. The van der Waals surface area contributed by atoms with Crippen molar-refractivity contribution in [2.75, 3.05) is 0 Å². The molecule has 2 rings (SSSR count). The van der Waals surface area contributed by atoms with Gasteiger partial charge in [-0.15, -0.1) is 0 Å². The maximum absolute atomic E-state index is 9.89. The smallest absolute Gasteiger partial charge is 0.182 e. The van der Waals surface area contributed by atoms with Crippen molar-refractivity contribution in [2.24, 2.45) is 0 Å². The van der Waals surface area contributed by atoms with E-state index in [0.717, 1.165) is 5.56 Å². The molecular formula is C13H12O3. The number of phenols is 1. The summed E-state index contributed by atoms with van der Waals surface area (Å²) in [5.41, 5.74) is 1.54. The molecule has 2 aromatic rings. The van der Waals surface area contributed by atoms with Crippen LogP contribution < -0.4 is 0 Å². The minimum atomic E-state index is -1.66. The Morgan fingerprint density at radius 3 is 2.12 bits per heavy atom. The molecule has 2 aromatic carbocycles. The fourth-order valence-electron chi connectivity index (χ4n) is 1.62. The van der Waals surface area contributed by atoms with Crippen LogP contribution in [0.4, 0.5) is 0 Å². The van der Waals surface area contributed by atoms with Crippen LogP contribution in [0.3, 0.4) is 0 Å². The number of aliphatic hydroxyl groups is 2. The summed E-state index contributed by atoms with van der Waals surface area (Å²) in [7, 11) is 0. The van der Waals surface area contributed by atoms with Crippen LogP contribution in [0.1, 0.15) is 11.9 Å². The summed E-state index contributed by atoms with van der Waals surface area (Å²) >= 11 is 0. The number of aromatic hydroxyl groups is 1. The Bertz CT molecular complexity index is 478. The van der Waals surface area contributed by atoms with Gasteiger partial charge in [0.15, 0.2) is 6.29 Å². The average molecular weight is 216 g/mol. The fraction of sp³-hybridized carbons (Fsp3) is 0.0769. The molecule has 0 heterocycles. The second-order valence-electron chi connectivity index (χ2n) is 3.48. The third-order valence-electron chi connectivity index (χ3n) is 2.43. The summed E-state index contributed by atoms with van der Waals surface area (Å²) in [6.07, 6.45) is -1.66. The van der Waals surface area contributed by atoms with Crippen molar-refractivity contribution in [1.29, 1.82) is 0 Å². The van der Waals surface area contributed by atoms with Crippen molar-refractivity contribution in [3.8, 4) is 16.9 Å². The summed E-state index contributed by atoms with van der Waals surface area (Å²) < 4.78 is 0. The molecule has 3 heteroatoms. The van der Waals surface area contributed by atoms with E-state index in [1.807, 2.05) is 30.3 Å². The first-order chi connectivity index (χ1) is 7.70. The highest BCUT2D eigenvalue weighted by Gasteiger charge is 2.12. The van der Waals surface area contributed by atoms with Crippen LogP contribution in [-0.4, -0.2) is 15.3 Å². The molecule has 16 heavy (non-hydrogen) atoms. The maximum atomic E-state index is 9.89. The van der Waals surface area contributed by atoms with Crippen LogP contribution in [0, 0.1) is 0 Å². The summed E-state index contributed by atoms with van der Waals surface area (Å²) in [6.45, 7) is 0. The maximum Gasteiger partial charge on any atom is 0.182 e. The molecule has 0 spiro atoms. The number of benzene rings is 2. The Labute approximate surface area is 93.2 Å². The first kappa shape index (κ1) is 10.7. The number of hydrogen-bond donors (Lipinski definition) is 3. The topological polar surface area (TPSA) is 60.7 Å². The normalized spacial score (nSPS) is 10.7. The van der Waals surface area contributed by atoms with E-state index in [9.17, 15) is 5.11 Å². The van der Waals surface area contributed by atoms with Gasteiger partial charge >= 0.3 is 0 Å². The van der Waals surface area contributed by atoms with Gasteiger partial charge in [0.25, 0.3) is 0 Å². The highest BCUT2D eigenvalue weighted by molar-refractivity contribution is 5.71. The van der Waals surface area contributed by atoms with Crippen LogP contribution in [0.5, 0.6) is 5.75 Å². The highest BCUT2D eigenvalue weighted by Crippen LogP contribution is 2.34. The van der Waals surface area contributed by atoms with E-state index in [1.165, 1.54) is 6.07 Å². The molecule has 0 saturated carbocycles. The van der Waals surface area contributed by atoms with Crippen LogP contribution in [0.25, 0.3) is 11.1 Å². The quantitative estimate of drug-likeness (QED) is 0.673. The number of phenolic OH excluding ortho intramolecular Hbond substituents is 1. The van der Waals surface area contributed by atoms with Crippen LogP contribution in [0.15, 0.2) is 48.5 Å². The molecule has 0 bridgehead atoms. The first-order valence-corrected chi connectivity index (χ1v) is 4.93. The minimum Gasteiger partial charge on any atom is -0.507 e. The predicted molar refractivity (Wildman–Crippen MR) is 60.7 cm³/mol. The van der Waals surface area contributed by atoms with E-state index in [-0.39, 0.29) is 11.3 Å². The van der Waals surface area contributed by atoms with E-state index < -0.39 is 6.29 Å². The lowest BCUT2D eigenvalue weighted by Gasteiger charge is -2.10. The Morgan fingerprint density at radius 1 is 0.812 bits per heavy atom. The van der Waals surface area contributed by atoms with Gasteiger partial charge in [0.2, 0.25) is 0 Å². The monoisotopic (exact) mass is 216 g/mol. The standard InChI is InChI=1S/C13H12O3/c14-12-10(9-5-2-1-3-6-9)7-4-8-11(12)13(15)16/h1-8,13-16H. The second kappa shape index (κ2) is 4.35. The molecule has 0 fully saturated rings. The first-order valence-electron chi connectivity index (χ1n) is 4.93. The molecule has 3 N–H and O–H groups in total. The van der Waals surface area contributed by atoms with Gasteiger partial charge in [0, 0.05) is 11.1 Å². The van der Waals surface area contributed by atoms with E-state index in [2.05, 4.69) is 0 Å².